The van der Waals surface area contributed by atoms with Gasteiger partial charge in [-0.1, -0.05) is 24.3 Å². The van der Waals surface area contributed by atoms with Crippen molar-refractivity contribution < 1.29 is 38.2 Å². The maximum absolute atomic E-state index is 12.9. The van der Waals surface area contributed by atoms with Crippen LogP contribution in [0, 0.1) is 0 Å². The third-order valence-corrected chi connectivity index (χ3v) is 8.87. The molecule has 2 aliphatic heterocycles. The van der Waals surface area contributed by atoms with Crippen LogP contribution < -0.4 is 0 Å². The van der Waals surface area contributed by atoms with Crippen LogP contribution in [-0.2, 0) is 35.9 Å². The number of phosphoric acid groups is 1. The average Bonchev–Trinajstić information content (AvgIpc) is 3.62. The first-order chi connectivity index (χ1) is 21.8. The Morgan fingerprint density at radius 1 is 0.756 bits per heavy atom. The zero-order valence-corrected chi connectivity index (χ0v) is 25.3. The molecule has 0 bridgehead atoms. The van der Waals surface area contributed by atoms with Crippen LogP contribution in [0.4, 0.5) is 0 Å². The molecule has 45 heavy (non-hydrogen) atoms. The third-order valence-electron chi connectivity index (χ3n) is 7.86. The molecule has 0 amide bonds. The van der Waals surface area contributed by atoms with Crippen molar-refractivity contribution in [1.29, 1.82) is 0 Å². The second-order valence-electron chi connectivity index (χ2n) is 11.2. The van der Waals surface area contributed by atoms with Gasteiger partial charge in [-0.3, -0.25) is 29.0 Å². The standard InChI is InChI=1S/C32H35N4O8P/c37-19-31-30(16-24(42-31)14-22-8-10-28(36-18-22)26-6-2-4-12-34-26)44-45(39,40)41-20-32-29(38)15-23(43-32)13-21-7-9-27(35-17-21)25-5-1-3-11-33-25/h1-12,17-18,23-24,29-32,37-38H,13-16,19-20H2,(H,39,40)/t23-,24-,29+,30+,31-,32-/m1/s1. The molecule has 2 aliphatic rings. The Labute approximate surface area is 260 Å². The summed E-state index contributed by atoms with van der Waals surface area (Å²) >= 11 is 0. The number of aliphatic hydroxyl groups excluding tert-OH is 2. The van der Waals surface area contributed by atoms with Crippen molar-refractivity contribution in [2.45, 2.75) is 62.3 Å². The summed E-state index contributed by atoms with van der Waals surface area (Å²) in [6, 6.07) is 18.9. The Balaban J connectivity index is 0.974. The van der Waals surface area contributed by atoms with Gasteiger partial charge in [0.2, 0.25) is 0 Å². The molecule has 236 valence electrons. The molecule has 0 radical (unpaired) electrons. The van der Waals surface area contributed by atoms with Crippen LogP contribution in [0.15, 0.2) is 85.5 Å². The molecule has 0 aromatic carbocycles. The second-order valence-corrected chi connectivity index (χ2v) is 12.6. The van der Waals surface area contributed by atoms with Crippen LogP contribution in [0.25, 0.3) is 22.8 Å². The fraction of sp³-hybridized carbons (Fsp3) is 0.375. The average molecular weight is 635 g/mol. The van der Waals surface area contributed by atoms with E-state index < -0.39 is 32.2 Å². The molecule has 1 unspecified atom stereocenters. The largest absolute Gasteiger partial charge is 0.472 e. The van der Waals surface area contributed by atoms with E-state index in [-0.39, 0.29) is 31.8 Å². The molecule has 6 rings (SSSR count). The van der Waals surface area contributed by atoms with Gasteiger partial charge in [0, 0.05) is 50.5 Å². The number of rotatable bonds is 12. The van der Waals surface area contributed by atoms with Crippen LogP contribution in [0.1, 0.15) is 24.0 Å². The molecule has 6 heterocycles. The number of phosphoric ester groups is 1. The highest BCUT2D eigenvalue weighted by Gasteiger charge is 2.42. The van der Waals surface area contributed by atoms with Crippen molar-refractivity contribution in [2.24, 2.45) is 0 Å². The van der Waals surface area contributed by atoms with E-state index in [9.17, 15) is 19.7 Å². The van der Waals surface area contributed by atoms with Gasteiger partial charge in [-0.15, -0.1) is 0 Å². The van der Waals surface area contributed by atoms with Crippen molar-refractivity contribution in [3.05, 3.63) is 96.6 Å². The van der Waals surface area contributed by atoms with Crippen LogP contribution in [0.2, 0.25) is 0 Å². The molecular weight excluding hydrogens is 599 g/mol. The number of hydrogen-bond acceptors (Lipinski definition) is 11. The van der Waals surface area contributed by atoms with Gasteiger partial charge in [0.15, 0.2) is 0 Å². The monoisotopic (exact) mass is 634 g/mol. The first kappa shape index (κ1) is 31.5. The van der Waals surface area contributed by atoms with Crippen molar-refractivity contribution in [3.8, 4) is 22.8 Å². The van der Waals surface area contributed by atoms with Crippen molar-refractivity contribution in [3.63, 3.8) is 0 Å². The van der Waals surface area contributed by atoms with Crippen LogP contribution in [-0.4, -0.2) is 84.9 Å². The number of aliphatic hydroxyl groups is 2. The van der Waals surface area contributed by atoms with Crippen LogP contribution in [0.3, 0.4) is 0 Å². The number of hydrogen-bond donors (Lipinski definition) is 3. The molecular formula is C32H35N4O8P. The predicted octanol–water partition coefficient (Wildman–Crippen LogP) is 3.56. The Morgan fingerprint density at radius 2 is 1.31 bits per heavy atom. The summed E-state index contributed by atoms with van der Waals surface area (Å²) in [5.41, 5.74) is 4.88. The highest BCUT2D eigenvalue weighted by Crippen LogP contribution is 2.48. The lowest BCUT2D eigenvalue weighted by Gasteiger charge is -2.22. The van der Waals surface area contributed by atoms with E-state index in [1.165, 1.54) is 0 Å². The summed E-state index contributed by atoms with van der Waals surface area (Å²) in [7, 11) is -4.56. The van der Waals surface area contributed by atoms with Gasteiger partial charge in [-0.05, 0) is 47.5 Å². The summed E-state index contributed by atoms with van der Waals surface area (Å²) in [6.45, 7) is -0.723. The normalized spacial score (nSPS) is 26.1. The molecule has 4 aromatic rings. The van der Waals surface area contributed by atoms with Gasteiger partial charge < -0.3 is 24.6 Å². The minimum atomic E-state index is -4.56. The fourth-order valence-electron chi connectivity index (χ4n) is 5.62. The summed E-state index contributed by atoms with van der Waals surface area (Å²) in [6.07, 6.45) is 4.51. The number of pyridine rings is 4. The predicted molar refractivity (Wildman–Crippen MR) is 163 cm³/mol. The molecule has 0 aliphatic carbocycles. The Hall–Kier alpha value is -3.45. The fourth-order valence-corrected chi connectivity index (χ4v) is 6.58. The zero-order valence-electron chi connectivity index (χ0n) is 24.4. The van der Waals surface area contributed by atoms with Gasteiger partial charge in [-0.2, -0.15) is 0 Å². The highest BCUT2D eigenvalue weighted by atomic mass is 31.2. The third kappa shape index (κ3) is 8.23. The number of aromatic nitrogens is 4. The second kappa shape index (κ2) is 14.3. The summed E-state index contributed by atoms with van der Waals surface area (Å²) in [4.78, 5) is 28.0. The highest BCUT2D eigenvalue weighted by molar-refractivity contribution is 7.47. The topological polar surface area (TPSA) is 166 Å². The zero-order chi connectivity index (χ0) is 31.2. The van der Waals surface area contributed by atoms with E-state index in [1.807, 2.05) is 60.7 Å². The van der Waals surface area contributed by atoms with Crippen molar-refractivity contribution in [2.75, 3.05) is 13.2 Å². The lowest BCUT2D eigenvalue weighted by molar-refractivity contribution is -0.0381. The molecule has 3 N–H and O–H groups in total. The van der Waals surface area contributed by atoms with Crippen molar-refractivity contribution in [1.82, 2.24) is 19.9 Å². The smallest absolute Gasteiger partial charge is 0.394 e. The molecule has 7 atom stereocenters. The first-order valence-electron chi connectivity index (χ1n) is 14.8. The molecule has 0 saturated carbocycles. The van der Waals surface area contributed by atoms with E-state index >= 15 is 0 Å². The Bertz CT molecular complexity index is 1570. The summed E-state index contributed by atoms with van der Waals surface area (Å²) < 4.78 is 35.4. The molecule has 0 spiro atoms. The lowest BCUT2D eigenvalue weighted by Crippen LogP contribution is -2.29. The lowest BCUT2D eigenvalue weighted by atomic mass is 10.1. The van der Waals surface area contributed by atoms with Crippen LogP contribution >= 0.6 is 7.82 Å². The molecule has 12 nitrogen and oxygen atoms in total. The molecule has 2 fully saturated rings. The molecule has 4 aromatic heterocycles. The maximum atomic E-state index is 12.9. The number of ether oxygens (including phenoxy) is 2. The Kier molecular flexibility index (Phi) is 10.0. The Morgan fingerprint density at radius 3 is 1.82 bits per heavy atom. The summed E-state index contributed by atoms with van der Waals surface area (Å²) in [5, 5.41) is 20.4. The van der Waals surface area contributed by atoms with Gasteiger partial charge >= 0.3 is 7.82 Å². The van der Waals surface area contributed by atoms with Crippen LogP contribution in [0.5, 0.6) is 0 Å². The van der Waals surface area contributed by atoms with E-state index in [2.05, 4.69) is 19.9 Å². The van der Waals surface area contributed by atoms with Gasteiger partial charge in [0.05, 0.1) is 54.3 Å². The first-order valence-corrected chi connectivity index (χ1v) is 16.3. The minimum absolute atomic E-state index is 0.277. The van der Waals surface area contributed by atoms with E-state index in [4.69, 9.17) is 18.5 Å². The molecule has 2 saturated heterocycles. The SMILES string of the molecule is O=P(O)(OC[C@H]1O[C@H](Cc2ccc(-c3ccccn3)nc2)C[C@@H]1O)O[C@H]1C[C@@H](Cc2ccc(-c3ccccn3)nc2)O[C@@H]1CO. The van der Waals surface area contributed by atoms with E-state index in [1.54, 1.807) is 24.8 Å². The maximum Gasteiger partial charge on any atom is 0.472 e. The number of nitrogens with zero attached hydrogens (tertiary/aromatic N) is 4. The quantitative estimate of drug-likeness (QED) is 0.194. The van der Waals surface area contributed by atoms with Crippen molar-refractivity contribution >= 4 is 7.82 Å². The van der Waals surface area contributed by atoms with E-state index in [0.29, 0.717) is 19.3 Å². The van der Waals surface area contributed by atoms with Gasteiger partial charge in [0.1, 0.15) is 18.3 Å². The molecule has 13 heteroatoms. The summed E-state index contributed by atoms with van der Waals surface area (Å²) in [5.74, 6) is 0. The van der Waals surface area contributed by atoms with Gasteiger partial charge in [0.25, 0.3) is 0 Å². The van der Waals surface area contributed by atoms with E-state index in [0.717, 1.165) is 33.9 Å². The van der Waals surface area contributed by atoms with Gasteiger partial charge in [-0.25, -0.2) is 4.57 Å². The minimum Gasteiger partial charge on any atom is -0.394 e.